The number of benzene rings is 2. The molecule has 2 aliphatic rings. The van der Waals surface area contributed by atoms with Gasteiger partial charge in [0.25, 0.3) is 5.91 Å². The molecule has 5 rings (SSSR count). The van der Waals surface area contributed by atoms with Gasteiger partial charge in [-0.15, -0.1) is 0 Å². The molecule has 1 aromatic heterocycles. The van der Waals surface area contributed by atoms with Gasteiger partial charge in [0.2, 0.25) is 5.76 Å². The summed E-state index contributed by atoms with van der Waals surface area (Å²) in [5.74, 6) is -0.142. The first kappa shape index (κ1) is 19.3. The predicted octanol–water partition coefficient (Wildman–Crippen LogP) is 4.73. The van der Waals surface area contributed by atoms with Crippen molar-refractivity contribution < 1.29 is 13.9 Å². The summed E-state index contributed by atoms with van der Waals surface area (Å²) in [5.41, 5.74) is 2.64. The summed E-state index contributed by atoms with van der Waals surface area (Å²) in [6, 6.07) is 12.5. The number of amides is 1. The molecule has 2 atom stereocenters. The quantitative estimate of drug-likeness (QED) is 0.608. The SMILES string of the molecule is CCc1ccc(C2c3c(oc4ccc(Cl)cc4c3=O)C(=O)N2CC2CCCO2)cc1. The van der Waals surface area contributed by atoms with Crippen molar-refractivity contribution in [2.24, 2.45) is 0 Å². The van der Waals surface area contributed by atoms with Crippen LogP contribution in [0.2, 0.25) is 5.02 Å². The smallest absolute Gasteiger partial charge is 0.291 e. The lowest BCUT2D eigenvalue weighted by Crippen LogP contribution is -2.36. The van der Waals surface area contributed by atoms with E-state index in [2.05, 4.69) is 6.92 Å². The first-order valence-corrected chi connectivity index (χ1v) is 10.7. The van der Waals surface area contributed by atoms with Gasteiger partial charge in [-0.25, -0.2) is 0 Å². The van der Waals surface area contributed by atoms with Gasteiger partial charge in [0, 0.05) is 18.2 Å². The molecule has 3 heterocycles. The Morgan fingerprint density at radius 3 is 2.63 bits per heavy atom. The Hall–Kier alpha value is -2.63. The van der Waals surface area contributed by atoms with Crippen molar-refractivity contribution in [2.45, 2.75) is 38.3 Å². The standard InChI is InChI=1S/C24H22ClNO4/c1-2-14-5-7-15(8-6-14)21-20-22(27)18-12-16(25)9-10-19(18)30-23(20)24(28)26(21)13-17-4-3-11-29-17/h5-10,12,17,21H,2-4,11,13H2,1H3. The Morgan fingerprint density at radius 1 is 1.13 bits per heavy atom. The van der Waals surface area contributed by atoms with E-state index in [0.717, 1.165) is 24.8 Å². The molecule has 0 bridgehead atoms. The largest absolute Gasteiger partial charge is 0.450 e. The van der Waals surface area contributed by atoms with Crippen LogP contribution in [0, 0.1) is 0 Å². The third kappa shape index (κ3) is 3.13. The van der Waals surface area contributed by atoms with Crippen LogP contribution in [0.15, 0.2) is 51.7 Å². The van der Waals surface area contributed by atoms with E-state index in [1.807, 2.05) is 24.3 Å². The van der Waals surface area contributed by atoms with Gasteiger partial charge < -0.3 is 14.1 Å². The van der Waals surface area contributed by atoms with Gasteiger partial charge >= 0.3 is 0 Å². The lowest BCUT2D eigenvalue weighted by Gasteiger charge is -2.27. The van der Waals surface area contributed by atoms with Crippen LogP contribution in [-0.4, -0.2) is 30.1 Å². The fourth-order valence-corrected chi connectivity index (χ4v) is 4.64. The molecule has 2 aromatic carbocycles. The minimum Gasteiger partial charge on any atom is -0.450 e. The maximum atomic E-state index is 13.5. The van der Waals surface area contributed by atoms with Gasteiger partial charge in [-0.1, -0.05) is 42.8 Å². The molecule has 1 amide bonds. The van der Waals surface area contributed by atoms with Crippen LogP contribution in [0.5, 0.6) is 0 Å². The van der Waals surface area contributed by atoms with Crippen LogP contribution in [-0.2, 0) is 11.2 Å². The van der Waals surface area contributed by atoms with Crippen LogP contribution in [0.3, 0.4) is 0 Å². The molecule has 0 radical (unpaired) electrons. The average molecular weight is 424 g/mol. The van der Waals surface area contributed by atoms with Crippen molar-refractivity contribution in [1.29, 1.82) is 0 Å². The molecular weight excluding hydrogens is 402 g/mol. The van der Waals surface area contributed by atoms with Crippen LogP contribution in [0.1, 0.15) is 53.1 Å². The highest BCUT2D eigenvalue weighted by molar-refractivity contribution is 6.31. The van der Waals surface area contributed by atoms with Crippen LogP contribution in [0.4, 0.5) is 0 Å². The number of halogens is 1. The molecule has 0 spiro atoms. The van der Waals surface area contributed by atoms with Crippen molar-refractivity contribution in [1.82, 2.24) is 4.90 Å². The number of carbonyl (C=O) groups excluding carboxylic acids is 1. The van der Waals surface area contributed by atoms with E-state index in [1.165, 1.54) is 5.56 Å². The molecule has 6 heteroatoms. The van der Waals surface area contributed by atoms with Crippen LogP contribution >= 0.6 is 11.6 Å². The molecule has 2 unspecified atom stereocenters. The summed E-state index contributed by atoms with van der Waals surface area (Å²) in [7, 11) is 0. The van der Waals surface area contributed by atoms with E-state index < -0.39 is 6.04 Å². The Morgan fingerprint density at radius 2 is 1.93 bits per heavy atom. The van der Waals surface area contributed by atoms with Crippen molar-refractivity contribution in [3.05, 3.63) is 80.2 Å². The first-order valence-electron chi connectivity index (χ1n) is 10.3. The summed E-state index contributed by atoms with van der Waals surface area (Å²) >= 11 is 6.12. The minimum absolute atomic E-state index is 0.0281. The molecule has 5 nitrogen and oxygen atoms in total. The zero-order chi connectivity index (χ0) is 20.8. The maximum Gasteiger partial charge on any atom is 0.291 e. The first-order chi connectivity index (χ1) is 14.6. The molecule has 0 N–H and O–H groups in total. The monoisotopic (exact) mass is 423 g/mol. The van der Waals surface area contributed by atoms with Gasteiger partial charge in [0.15, 0.2) is 5.43 Å². The number of nitrogens with zero attached hydrogens (tertiary/aromatic N) is 1. The number of carbonyl (C=O) groups is 1. The molecule has 30 heavy (non-hydrogen) atoms. The summed E-state index contributed by atoms with van der Waals surface area (Å²) in [6.45, 7) is 3.23. The molecule has 0 saturated carbocycles. The van der Waals surface area contributed by atoms with E-state index in [-0.39, 0.29) is 23.2 Å². The normalized spacial score (nSPS) is 20.9. The topological polar surface area (TPSA) is 59.8 Å². The summed E-state index contributed by atoms with van der Waals surface area (Å²) in [4.78, 5) is 28.6. The Kier molecular flexibility index (Phi) is 4.88. The number of rotatable bonds is 4. The van der Waals surface area contributed by atoms with E-state index >= 15 is 0 Å². The molecule has 1 saturated heterocycles. The average Bonchev–Trinajstić information content (AvgIpc) is 3.37. The lowest BCUT2D eigenvalue weighted by molar-refractivity contribution is 0.0486. The highest BCUT2D eigenvalue weighted by Gasteiger charge is 2.43. The van der Waals surface area contributed by atoms with Crippen molar-refractivity contribution in [2.75, 3.05) is 13.2 Å². The fraction of sp³-hybridized carbons (Fsp3) is 0.333. The molecule has 0 aliphatic carbocycles. The molecule has 3 aromatic rings. The van der Waals surface area contributed by atoms with Gasteiger partial charge in [-0.3, -0.25) is 9.59 Å². The number of aryl methyl sites for hydroxylation is 1. The second kappa shape index (κ2) is 7.56. The minimum atomic E-state index is -0.498. The molecular formula is C24H22ClNO4. The number of hydrogen-bond donors (Lipinski definition) is 0. The van der Waals surface area contributed by atoms with E-state index in [1.54, 1.807) is 23.1 Å². The predicted molar refractivity (Wildman–Crippen MR) is 115 cm³/mol. The van der Waals surface area contributed by atoms with E-state index in [4.69, 9.17) is 20.8 Å². The summed E-state index contributed by atoms with van der Waals surface area (Å²) in [5, 5.41) is 0.849. The van der Waals surface area contributed by atoms with Gasteiger partial charge in [0.1, 0.15) is 5.58 Å². The van der Waals surface area contributed by atoms with Crippen LogP contribution in [0.25, 0.3) is 11.0 Å². The van der Waals surface area contributed by atoms with E-state index in [9.17, 15) is 9.59 Å². The molecule has 2 aliphatic heterocycles. The maximum absolute atomic E-state index is 13.5. The number of fused-ring (bicyclic) bond motifs is 2. The third-order valence-corrected chi connectivity index (χ3v) is 6.29. The van der Waals surface area contributed by atoms with Gasteiger partial charge in [-0.2, -0.15) is 0 Å². The van der Waals surface area contributed by atoms with Crippen molar-refractivity contribution >= 4 is 28.5 Å². The van der Waals surface area contributed by atoms with Crippen molar-refractivity contribution in [3.8, 4) is 0 Å². The second-order valence-electron chi connectivity index (χ2n) is 7.90. The zero-order valence-corrected chi connectivity index (χ0v) is 17.4. The Balaban J connectivity index is 1.69. The highest BCUT2D eigenvalue weighted by Crippen LogP contribution is 2.39. The summed E-state index contributed by atoms with van der Waals surface area (Å²) < 4.78 is 11.7. The Labute approximate surface area is 179 Å². The van der Waals surface area contributed by atoms with E-state index in [0.29, 0.717) is 34.7 Å². The zero-order valence-electron chi connectivity index (χ0n) is 16.7. The number of hydrogen-bond acceptors (Lipinski definition) is 4. The number of ether oxygens (including phenoxy) is 1. The Bertz CT molecular complexity index is 1180. The highest BCUT2D eigenvalue weighted by atomic mass is 35.5. The molecule has 1 fully saturated rings. The third-order valence-electron chi connectivity index (χ3n) is 6.06. The summed E-state index contributed by atoms with van der Waals surface area (Å²) in [6.07, 6.45) is 2.78. The van der Waals surface area contributed by atoms with Gasteiger partial charge in [-0.05, 0) is 48.6 Å². The van der Waals surface area contributed by atoms with Crippen LogP contribution < -0.4 is 5.43 Å². The van der Waals surface area contributed by atoms with Crippen molar-refractivity contribution in [3.63, 3.8) is 0 Å². The molecule has 154 valence electrons. The lowest BCUT2D eigenvalue weighted by atomic mass is 9.97. The van der Waals surface area contributed by atoms with Gasteiger partial charge in [0.05, 0.1) is 23.1 Å². The second-order valence-corrected chi connectivity index (χ2v) is 8.34. The fourth-order valence-electron chi connectivity index (χ4n) is 4.47.